The number of hydrogen-bond acceptors (Lipinski definition) is 11. The van der Waals surface area contributed by atoms with Crippen molar-refractivity contribution in [3.8, 4) is 0 Å². The van der Waals surface area contributed by atoms with E-state index in [1.54, 1.807) is 0 Å². The van der Waals surface area contributed by atoms with Gasteiger partial charge in [0.1, 0.15) is 8.62 Å². The third kappa shape index (κ3) is 71.9. The molecule has 0 amide bonds. The van der Waals surface area contributed by atoms with Gasteiger partial charge in [0, 0.05) is 6.61 Å². The van der Waals surface area contributed by atoms with Gasteiger partial charge in [-0.15, -0.1) is 0 Å². The van der Waals surface area contributed by atoms with E-state index < -0.39 is 33.0 Å². The van der Waals surface area contributed by atoms with Crippen molar-refractivity contribution in [1.29, 1.82) is 0 Å². The van der Waals surface area contributed by atoms with Crippen molar-refractivity contribution >= 4 is 33.0 Å². The summed E-state index contributed by atoms with van der Waals surface area (Å²) in [5.74, 6) is 0. The molecule has 0 spiro atoms. The fourth-order valence-electron chi connectivity index (χ4n) is 1.71. The molecule has 0 aromatic rings. The van der Waals surface area contributed by atoms with Crippen LogP contribution in [-0.2, 0) is 26.9 Å². The topological polar surface area (TPSA) is 199 Å². The van der Waals surface area contributed by atoms with Crippen LogP contribution in [0.5, 0.6) is 0 Å². The first-order valence-corrected chi connectivity index (χ1v) is 12.6. The van der Waals surface area contributed by atoms with Gasteiger partial charge in [-0.25, -0.2) is 0 Å². The number of aliphatic hydroxyl groups excluding tert-OH is 1. The molecule has 0 saturated carbocycles. The molecule has 1 N–H and O–H groups in total. The van der Waals surface area contributed by atoms with Gasteiger partial charge in [-0.05, 0) is 24.7 Å². The molecule has 0 aliphatic heterocycles. The molecule has 11 nitrogen and oxygen atoms in total. The van der Waals surface area contributed by atoms with Crippen molar-refractivity contribution in [3.05, 3.63) is 0 Å². The summed E-state index contributed by atoms with van der Waals surface area (Å²) in [6.07, 6.45) is 13.3. The molecule has 0 aromatic carbocycles. The number of hydrogen-bond donors (Lipinski definition) is 1. The minimum atomic E-state index is -3.24. The molecule has 0 aliphatic rings. The van der Waals surface area contributed by atoms with Crippen LogP contribution in [0.15, 0.2) is 0 Å². The van der Waals surface area contributed by atoms with E-state index in [2.05, 4.69) is 15.5 Å². The second-order valence-corrected chi connectivity index (χ2v) is 8.06. The van der Waals surface area contributed by atoms with E-state index in [1.165, 1.54) is 57.8 Å². The van der Waals surface area contributed by atoms with Gasteiger partial charge >= 0.3 is 151 Å². The Morgan fingerprint density at radius 3 is 0.935 bits per heavy atom. The minimum Gasteiger partial charge on any atom is -0.563 e. The summed E-state index contributed by atoms with van der Waals surface area (Å²) >= 11 is 0. The summed E-state index contributed by atoms with van der Waals surface area (Å²) in [5, 5.41) is 8.57. The van der Waals surface area contributed by atoms with Gasteiger partial charge in [0.25, 0.3) is 0 Å². The molecule has 0 bridgehead atoms. The Hall–Kier alpha value is 4.12. The van der Waals surface area contributed by atoms with E-state index in [0.29, 0.717) is 6.61 Å². The predicted octanol–water partition coefficient (Wildman–Crippen LogP) is -10.0. The van der Waals surface area contributed by atoms with Gasteiger partial charge in [-0.1, -0.05) is 64.7 Å². The number of unbranched alkanes of at least 4 members (excludes halogenated alkanes) is 9. The van der Waals surface area contributed by atoms with Crippen LogP contribution in [0, 0.1) is 0 Å². The molecule has 4 unspecified atom stereocenters. The summed E-state index contributed by atoms with van der Waals surface area (Å²) in [5.41, 5.74) is 0. The minimum absolute atomic E-state index is 0. The van der Waals surface area contributed by atoms with Crippen molar-refractivity contribution in [3.63, 3.8) is 0 Å². The van der Waals surface area contributed by atoms with E-state index in [4.69, 9.17) is 5.11 Å². The molecule has 0 radical (unpaired) electrons. The van der Waals surface area contributed by atoms with Crippen LogP contribution >= 0.6 is 33.0 Å². The first kappa shape index (κ1) is 51.7. The smallest absolute Gasteiger partial charge is 0.563 e. The Bertz CT molecular complexity index is 366. The second kappa shape index (κ2) is 44.1. The molecule has 31 heavy (non-hydrogen) atoms. The van der Waals surface area contributed by atoms with E-state index in [9.17, 15) is 37.8 Å². The maximum Gasteiger partial charge on any atom is 1.00 e. The molecule has 19 heteroatoms. The Morgan fingerprint density at radius 1 is 0.548 bits per heavy atom. The Kier molecular flexibility index (Phi) is 73.6. The fraction of sp³-hybridized carbons (Fsp3) is 1.00. The second-order valence-electron chi connectivity index (χ2n) is 4.96. The standard InChI is InChI=1S/C12H26O.4Na.2O5P2/c1-2-3-4-5-6-7-8-9-10-11-12-13;;;;;2*1-6(2)5-7(3)4/h13H,2-12H2,1H3;;;;;;/q;4*+1;;. The van der Waals surface area contributed by atoms with Crippen molar-refractivity contribution in [2.24, 2.45) is 0 Å². The van der Waals surface area contributed by atoms with Crippen LogP contribution in [0.3, 0.4) is 0 Å². The number of aliphatic hydroxyl groups is 1. The molecule has 0 saturated heterocycles. The molecule has 0 aromatic heterocycles. The van der Waals surface area contributed by atoms with Gasteiger partial charge in [0.05, 0.1) is 0 Å². The third-order valence-electron chi connectivity index (χ3n) is 2.78. The Balaban J connectivity index is -0.0000000560. The first-order chi connectivity index (χ1) is 12.7. The molecular weight excluding hydrogens is 536 g/mol. The van der Waals surface area contributed by atoms with Crippen LogP contribution < -0.4 is 138 Å². The van der Waals surface area contributed by atoms with Gasteiger partial charge in [0.2, 0.25) is 0 Å². The average Bonchev–Trinajstić information content (AvgIpc) is 2.52. The van der Waals surface area contributed by atoms with E-state index in [1.807, 2.05) is 0 Å². The molecular formula is C12H26Na4O11P4+4. The van der Waals surface area contributed by atoms with Gasteiger partial charge in [-0.3, -0.25) is 0 Å². The zero-order chi connectivity index (χ0) is 21.5. The normalized spacial score (nSPS) is 10.5. The Labute approximate surface area is 276 Å². The summed E-state index contributed by atoms with van der Waals surface area (Å²) < 4.78 is 43.3. The molecule has 160 valence electrons. The summed E-state index contributed by atoms with van der Waals surface area (Å²) in [4.78, 5) is 37.0. The van der Waals surface area contributed by atoms with Crippen LogP contribution in [0.1, 0.15) is 71.1 Å². The average molecular weight is 562 g/mol. The largest absolute Gasteiger partial charge is 1.00 e. The zero-order valence-electron chi connectivity index (χ0n) is 19.1. The summed E-state index contributed by atoms with van der Waals surface area (Å²) in [6.45, 7) is 2.63. The van der Waals surface area contributed by atoms with Crippen molar-refractivity contribution in [2.75, 3.05) is 6.61 Å². The van der Waals surface area contributed by atoms with Crippen molar-refractivity contribution in [1.82, 2.24) is 0 Å². The predicted molar refractivity (Wildman–Crippen MR) is 91.5 cm³/mol. The first-order valence-electron chi connectivity index (χ1n) is 8.21. The fourth-order valence-corrected chi connectivity index (χ4v) is 2.58. The van der Waals surface area contributed by atoms with Crippen LogP contribution in [0.4, 0.5) is 0 Å². The van der Waals surface area contributed by atoms with Gasteiger partial charge in [-0.2, -0.15) is 0 Å². The monoisotopic (exact) mass is 562 g/mol. The number of rotatable bonds is 14. The molecule has 4 atom stereocenters. The van der Waals surface area contributed by atoms with Crippen LogP contribution in [0.25, 0.3) is 0 Å². The summed E-state index contributed by atoms with van der Waals surface area (Å²) in [7, 11) is -12.9. The molecule has 0 aliphatic carbocycles. The SMILES string of the molecule is CCCCCCCCCCCCO.O=[P+]([O-])O[P+](=O)[O-].O=[P+]([O-])O[P+](=O)[O-].[Na+].[Na+].[Na+].[Na+]. The van der Waals surface area contributed by atoms with Crippen LogP contribution in [0.2, 0.25) is 0 Å². The van der Waals surface area contributed by atoms with E-state index in [-0.39, 0.29) is 118 Å². The van der Waals surface area contributed by atoms with E-state index in [0.717, 1.165) is 6.42 Å². The molecule has 0 rings (SSSR count). The van der Waals surface area contributed by atoms with Crippen LogP contribution in [-0.4, -0.2) is 11.7 Å². The maximum atomic E-state index is 9.24. The van der Waals surface area contributed by atoms with E-state index >= 15 is 0 Å². The Morgan fingerprint density at radius 2 is 0.774 bits per heavy atom. The van der Waals surface area contributed by atoms with Crippen molar-refractivity contribution in [2.45, 2.75) is 71.1 Å². The van der Waals surface area contributed by atoms with Crippen molar-refractivity contribution < 1.29 is 170 Å². The maximum absolute atomic E-state index is 9.24. The molecule has 0 fully saturated rings. The van der Waals surface area contributed by atoms with Gasteiger partial charge in [0.15, 0.2) is 0 Å². The zero-order valence-corrected chi connectivity index (χ0v) is 30.7. The third-order valence-corrected chi connectivity index (χ3v) is 4.91. The quantitative estimate of drug-likeness (QED) is 0.120. The summed E-state index contributed by atoms with van der Waals surface area (Å²) in [6, 6.07) is 0. The molecule has 0 heterocycles. The van der Waals surface area contributed by atoms with Gasteiger partial charge < -0.3 is 24.7 Å².